The van der Waals surface area contributed by atoms with Gasteiger partial charge in [-0.3, -0.25) is 0 Å². The first-order chi connectivity index (χ1) is 9.69. The standard InChI is InChI=1S/C16H26N2O2/c1-4-18(5-2)10-12-11-20-15-8-7-13(19-6-3)9-14(15)16(12)17/h7-9,12,16H,4-6,10-11,17H2,1-3H3. The lowest BCUT2D eigenvalue weighted by Gasteiger charge is -2.34. The molecule has 0 spiro atoms. The summed E-state index contributed by atoms with van der Waals surface area (Å²) in [5.41, 5.74) is 7.52. The molecule has 0 saturated carbocycles. The molecule has 1 aromatic carbocycles. The van der Waals surface area contributed by atoms with Gasteiger partial charge in [-0.05, 0) is 38.2 Å². The van der Waals surface area contributed by atoms with Gasteiger partial charge in [0.25, 0.3) is 0 Å². The predicted octanol–water partition coefficient (Wildman–Crippen LogP) is 2.44. The third-order valence-corrected chi connectivity index (χ3v) is 4.00. The molecule has 1 aromatic rings. The van der Waals surface area contributed by atoms with Crippen LogP contribution in [0.2, 0.25) is 0 Å². The zero-order valence-electron chi connectivity index (χ0n) is 12.8. The van der Waals surface area contributed by atoms with E-state index in [9.17, 15) is 0 Å². The molecule has 0 saturated heterocycles. The Hall–Kier alpha value is -1.26. The SMILES string of the molecule is CCOc1ccc2c(c1)C(N)C(CN(CC)CC)CO2. The van der Waals surface area contributed by atoms with Crippen LogP contribution in [0.3, 0.4) is 0 Å². The Balaban J connectivity index is 2.14. The van der Waals surface area contributed by atoms with E-state index in [-0.39, 0.29) is 6.04 Å². The summed E-state index contributed by atoms with van der Waals surface area (Å²) in [7, 11) is 0. The molecule has 1 aliphatic rings. The van der Waals surface area contributed by atoms with Crippen LogP contribution in [-0.2, 0) is 0 Å². The van der Waals surface area contributed by atoms with Crippen molar-refractivity contribution in [2.75, 3.05) is 32.8 Å². The zero-order chi connectivity index (χ0) is 14.5. The Kier molecular flexibility index (Phi) is 5.26. The van der Waals surface area contributed by atoms with E-state index in [1.54, 1.807) is 0 Å². The van der Waals surface area contributed by atoms with Crippen LogP contribution in [0.15, 0.2) is 18.2 Å². The fourth-order valence-corrected chi connectivity index (χ4v) is 2.71. The summed E-state index contributed by atoms with van der Waals surface area (Å²) in [4.78, 5) is 2.39. The summed E-state index contributed by atoms with van der Waals surface area (Å²) in [5.74, 6) is 2.10. The molecule has 1 aliphatic heterocycles. The largest absolute Gasteiger partial charge is 0.494 e. The Labute approximate surface area is 121 Å². The van der Waals surface area contributed by atoms with Gasteiger partial charge >= 0.3 is 0 Å². The van der Waals surface area contributed by atoms with Crippen LogP contribution in [0.4, 0.5) is 0 Å². The monoisotopic (exact) mass is 278 g/mol. The van der Waals surface area contributed by atoms with Crippen molar-refractivity contribution in [2.45, 2.75) is 26.8 Å². The number of fused-ring (bicyclic) bond motifs is 1. The number of ether oxygens (including phenoxy) is 2. The Morgan fingerprint density at radius 3 is 2.70 bits per heavy atom. The van der Waals surface area contributed by atoms with Crippen molar-refractivity contribution in [2.24, 2.45) is 11.7 Å². The van der Waals surface area contributed by atoms with Gasteiger partial charge in [-0.15, -0.1) is 0 Å². The van der Waals surface area contributed by atoms with Crippen molar-refractivity contribution in [3.63, 3.8) is 0 Å². The average Bonchev–Trinajstić information content (AvgIpc) is 2.47. The van der Waals surface area contributed by atoms with E-state index < -0.39 is 0 Å². The second-order valence-corrected chi connectivity index (χ2v) is 5.22. The second kappa shape index (κ2) is 6.95. The van der Waals surface area contributed by atoms with Crippen molar-refractivity contribution in [1.82, 2.24) is 4.90 Å². The number of hydrogen-bond donors (Lipinski definition) is 1. The number of nitrogens with two attached hydrogens (primary N) is 1. The topological polar surface area (TPSA) is 47.7 Å². The van der Waals surface area contributed by atoms with Crippen molar-refractivity contribution >= 4 is 0 Å². The number of hydrogen-bond acceptors (Lipinski definition) is 4. The van der Waals surface area contributed by atoms with Gasteiger partial charge in [0.1, 0.15) is 11.5 Å². The molecule has 2 unspecified atom stereocenters. The fourth-order valence-electron chi connectivity index (χ4n) is 2.71. The first-order valence-electron chi connectivity index (χ1n) is 7.57. The molecule has 0 bridgehead atoms. The lowest BCUT2D eigenvalue weighted by Crippen LogP contribution is -2.40. The summed E-state index contributed by atoms with van der Waals surface area (Å²) in [6.07, 6.45) is 0. The Morgan fingerprint density at radius 1 is 1.30 bits per heavy atom. The molecule has 0 amide bonds. The van der Waals surface area contributed by atoms with Crippen LogP contribution in [0.5, 0.6) is 11.5 Å². The third kappa shape index (κ3) is 3.25. The van der Waals surface area contributed by atoms with Gasteiger partial charge in [0.15, 0.2) is 0 Å². The molecule has 2 rings (SSSR count). The molecule has 20 heavy (non-hydrogen) atoms. The van der Waals surface area contributed by atoms with E-state index >= 15 is 0 Å². The van der Waals surface area contributed by atoms with Gasteiger partial charge in [0, 0.05) is 24.1 Å². The normalized spacial score (nSPS) is 21.4. The van der Waals surface area contributed by atoms with E-state index in [1.807, 2.05) is 25.1 Å². The summed E-state index contributed by atoms with van der Waals surface area (Å²) in [5, 5.41) is 0. The van der Waals surface area contributed by atoms with Gasteiger partial charge < -0.3 is 20.1 Å². The fraction of sp³-hybridized carbons (Fsp3) is 0.625. The van der Waals surface area contributed by atoms with E-state index in [2.05, 4.69) is 18.7 Å². The molecule has 0 aromatic heterocycles. The van der Waals surface area contributed by atoms with Crippen LogP contribution in [0, 0.1) is 5.92 Å². The van der Waals surface area contributed by atoms with Crippen molar-refractivity contribution in [1.29, 1.82) is 0 Å². The lowest BCUT2D eigenvalue weighted by molar-refractivity contribution is 0.144. The maximum absolute atomic E-state index is 6.45. The molecule has 4 heteroatoms. The minimum atomic E-state index is 0.0137. The van der Waals surface area contributed by atoms with Gasteiger partial charge in [-0.1, -0.05) is 13.8 Å². The molecule has 2 N–H and O–H groups in total. The molecular formula is C16H26N2O2. The first kappa shape index (κ1) is 15.1. The van der Waals surface area contributed by atoms with Crippen LogP contribution in [0.25, 0.3) is 0 Å². The summed E-state index contributed by atoms with van der Waals surface area (Å²) in [6, 6.07) is 5.95. The lowest BCUT2D eigenvalue weighted by atomic mass is 9.90. The van der Waals surface area contributed by atoms with E-state index in [0.717, 1.165) is 36.7 Å². The summed E-state index contributed by atoms with van der Waals surface area (Å²) < 4.78 is 11.4. The minimum Gasteiger partial charge on any atom is -0.494 e. The van der Waals surface area contributed by atoms with Crippen molar-refractivity contribution in [3.05, 3.63) is 23.8 Å². The minimum absolute atomic E-state index is 0.0137. The highest BCUT2D eigenvalue weighted by atomic mass is 16.5. The number of benzene rings is 1. The highest BCUT2D eigenvalue weighted by Crippen LogP contribution is 2.36. The van der Waals surface area contributed by atoms with Gasteiger partial charge in [-0.25, -0.2) is 0 Å². The summed E-state index contributed by atoms with van der Waals surface area (Å²) >= 11 is 0. The van der Waals surface area contributed by atoms with Crippen molar-refractivity contribution < 1.29 is 9.47 Å². The average molecular weight is 278 g/mol. The first-order valence-corrected chi connectivity index (χ1v) is 7.57. The number of nitrogens with zero attached hydrogens (tertiary/aromatic N) is 1. The molecule has 2 atom stereocenters. The predicted molar refractivity (Wildman–Crippen MR) is 81.3 cm³/mol. The zero-order valence-corrected chi connectivity index (χ0v) is 12.8. The molecule has 0 fully saturated rings. The smallest absolute Gasteiger partial charge is 0.124 e. The van der Waals surface area contributed by atoms with E-state index in [4.69, 9.17) is 15.2 Å². The molecule has 1 heterocycles. The van der Waals surface area contributed by atoms with E-state index in [1.165, 1.54) is 0 Å². The quantitative estimate of drug-likeness (QED) is 0.868. The van der Waals surface area contributed by atoms with Crippen LogP contribution in [0.1, 0.15) is 32.4 Å². The Bertz CT molecular complexity index is 432. The Morgan fingerprint density at radius 2 is 2.05 bits per heavy atom. The molecule has 4 nitrogen and oxygen atoms in total. The highest BCUT2D eigenvalue weighted by molar-refractivity contribution is 5.43. The molecular weight excluding hydrogens is 252 g/mol. The third-order valence-electron chi connectivity index (χ3n) is 4.00. The van der Waals surface area contributed by atoms with Gasteiger partial charge in [-0.2, -0.15) is 0 Å². The summed E-state index contributed by atoms with van der Waals surface area (Å²) in [6.45, 7) is 10.8. The molecule has 0 radical (unpaired) electrons. The van der Waals surface area contributed by atoms with Gasteiger partial charge in [0.2, 0.25) is 0 Å². The van der Waals surface area contributed by atoms with Gasteiger partial charge in [0.05, 0.1) is 13.2 Å². The van der Waals surface area contributed by atoms with Crippen LogP contribution >= 0.6 is 0 Å². The van der Waals surface area contributed by atoms with Crippen LogP contribution in [-0.4, -0.2) is 37.7 Å². The maximum atomic E-state index is 6.45. The van der Waals surface area contributed by atoms with Crippen LogP contribution < -0.4 is 15.2 Å². The molecule has 112 valence electrons. The molecule has 0 aliphatic carbocycles. The second-order valence-electron chi connectivity index (χ2n) is 5.22. The highest BCUT2D eigenvalue weighted by Gasteiger charge is 2.29. The van der Waals surface area contributed by atoms with E-state index in [0.29, 0.717) is 19.1 Å². The van der Waals surface area contributed by atoms with Crippen molar-refractivity contribution in [3.8, 4) is 11.5 Å². The number of rotatable bonds is 6. The maximum Gasteiger partial charge on any atom is 0.124 e.